The number of carbonyl (C=O) groups excluding carboxylic acids is 1. The smallest absolute Gasteiger partial charge is 0.220 e. The zero-order valence-corrected chi connectivity index (χ0v) is 15.2. The molecule has 0 aromatic rings. The van der Waals surface area contributed by atoms with Crippen molar-refractivity contribution in [2.75, 3.05) is 45.9 Å². The van der Waals surface area contributed by atoms with Crippen LogP contribution in [0, 0.1) is 5.92 Å². The first-order valence-electron chi connectivity index (χ1n) is 10.1. The summed E-state index contributed by atoms with van der Waals surface area (Å²) in [4.78, 5) is 15.0. The van der Waals surface area contributed by atoms with E-state index in [1.165, 1.54) is 45.2 Å². The molecule has 3 aliphatic heterocycles. The summed E-state index contributed by atoms with van der Waals surface area (Å²) in [5, 5.41) is 6.67. The van der Waals surface area contributed by atoms with E-state index >= 15 is 0 Å². The van der Waals surface area contributed by atoms with Crippen molar-refractivity contribution in [3.8, 4) is 0 Å². The highest BCUT2D eigenvalue weighted by atomic mass is 16.5. The molecular formula is C19H35N3O2. The molecule has 0 radical (unpaired) electrons. The Morgan fingerprint density at radius 2 is 1.83 bits per heavy atom. The van der Waals surface area contributed by atoms with Crippen LogP contribution in [0.1, 0.15) is 57.8 Å². The fourth-order valence-corrected chi connectivity index (χ4v) is 4.58. The maximum atomic E-state index is 12.4. The summed E-state index contributed by atoms with van der Waals surface area (Å²) in [6.07, 6.45) is 10.3. The van der Waals surface area contributed by atoms with Gasteiger partial charge in [-0.25, -0.2) is 0 Å². The third-order valence-electron chi connectivity index (χ3n) is 6.30. The molecule has 1 amide bonds. The van der Waals surface area contributed by atoms with Gasteiger partial charge in [-0.3, -0.25) is 9.69 Å². The Morgan fingerprint density at radius 3 is 2.54 bits per heavy atom. The SMILES string of the molecule is O=C(CCC1CCNCC1)NCC1(N2CCCCC2)CCOCC1. The molecule has 0 aromatic carbocycles. The first-order valence-corrected chi connectivity index (χ1v) is 10.1. The van der Waals surface area contributed by atoms with Gasteiger partial charge >= 0.3 is 0 Å². The topological polar surface area (TPSA) is 53.6 Å². The summed E-state index contributed by atoms with van der Waals surface area (Å²) < 4.78 is 5.60. The molecule has 3 fully saturated rings. The number of amides is 1. The first-order chi connectivity index (χ1) is 11.8. The van der Waals surface area contributed by atoms with Gasteiger partial charge in [-0.2, -0.15) is 0 Å². The van der Waals surface area contributed by atoms with Crippen LogP contribution in [0.15, 0.2) is 0 Å². The van der Waals surface area contributed by atoms with Crippen molar-refractivity contribution in [1.82, 2.24) is 15.5 Å². The molecule has 0 bridgehead atoms. The Hall–Kier alpha value is -0.650. The van der Waals surface area contributed by atoms with Crippen LogP contribution in [0.25, 0.3) is 0 Å². The van der Waals surface area contributed by atoms with E-state index in [9.17, 15) is 4.79 Å². The van der Waals surface area contributed by atoms with Crippen LogP contribution in [0.2, 0.25) is 0 Å². The predicted molar refractivity (Wildman–Crippen MR) is 96.0 cm³/mol. The second-order valence-electron chi connectivity index (χ2n) is 7.89. The number of nitrogens with one attached hydrogen (secondary N) is 2. The Balaban J connectivity index is 1.46. The van der Waals surface area contributed by atoms with Gasteiger partial charge in [0.2, 0.25) is 5.91 Å². The molecule has 0 aromatic heterocycles. The van der Waals surface area contributed by atoms with E-state index in [2.05, 4.69) is 15.5 Å². The van der Waals surface area contributed by atoms with Crippen molar-refractivity contribution in [3.63, 3.8) is 0 Å². The third kappa shape index (κ3) is 4.93. The zero-order chi connectivity index (χ0) is 16.7. The summed E-state index contributed by atoms with van der Waals surface area (Å²) in [7, 11) is 0. The van der Waals surface area contributed by atoms with E-state index in [0.29, 0.717) is 6.42 Å². The monoisotopic (exact) mass is 337 g/mol. The van der Waals surface area contributed by atoms with E-state index in [1.807, 2.05) is 0 Å². The van der Waals surface area contributed by atoms with E-state index in [0.717, 1.165) is 58.0 Å². The summed E-state index contributed by atoms with van der Waals surface area (Å²) >= 11 is 0. The van der Waals surface area contributed by atoms with Gasteiger partial charge in [-0.15, -0.1) is 0 Å². The fourth-order valence-electron chi connectivity index (χ4n) is 4.58. The largest absolute Gasteiger partial charge is 0.381 e. The van der Waals surface area contributed by atoms with E-state index in [1.54, 1.807) is 0 Å². The highest BCUT2D eigenvalue weighted by Crippen LogP contribution is 2.30. The van der Waals surface area contributed by atoms with E-state index in [4.69, 9.17) is 4.74 Å². The maximum absolute atomic E-state index is 12.4. The van der Waals surface area contributed by atoms with Crippen LogP contribution in [-0.4, -0.2) is 62.3 Å². The van der Waals surface area contributed by atoms with Gasteiger partial charge in [0.1, 0.15) is 0 Å². The summed E-state index contributed by atoms with van der Waals surface area (Å²) in [6, 6.07) is 0. The lowest BCUT2D eigenvalue weighted by Gasteiger charge is -2.48. The van der Waals surface area contributed by atoms with Crippen molar-refractivity contribution >= 4 is 5.91 Å². The van der Waals surface area contributed by atoms with Crippen LogP contribution in [0.4, 0.5) is 0 Å². The van der Waals surface area contributed by atoms with Crippen LogP contribution in [0.3, 0.4) is 0 Å². The van der Waals surface area contributed by atoms with Crippen molar-refractivity contribution in [2.24, 2.45) is 5.92 Å². The van der Waals surface area contributed by atoms with Gasteiger partial charge in [-0.05, 0) is 77.0 Å². The van der Waals surface area contributed by atoms with Gasteiger partial charge in [0.05, 0.1) is 0 Å². The minimum Gasteiger partial charge on any atom is -0.381 e. The molecule has 0 spiro atoms. The molecule has 3 saturated heterocycles. The number of hydrogen-bond donors (Lipinski definition) is 2. The van der Waals surface area contributed by atoms with Gasteiger partial charge in [-0.1, -0.05) is 6.42 Å². The standard InChI is InChI=1S/C19H35N3O2/c23-18(5-4-17-6-10-20-11-7-17)21-16-19(8-14-24-15-9-19)22-12-2-1-3-13-22/h17,20H,1-16H2,(H,21,23). The quantitative estimate of drug-likeness (QED) is 0.777. The second-order valence-corrected chi connectivity index (χ2v) is 7.89. The molecule has 24 heavy (non-hydrogen) atoms. The van der Waals surface area contributed by atoms with E-state index < -0.39 is 0 Å². The number of piperidine rings is 2. The highest BCUT2D eigenvalue weighted by molar-refractivity contribution is 5.75. The minimum atomic E-state index is 0.142. The highest BCUT2D eigenvalue weighted by Gasteiger charge is 2.39. The van der Waals surface area contributed by atoms with Crippen molar-refractivity contribution in [1.29, 1.82) is 0 Å². The number of hydrogen-bond acceptors (Lipinski definition) is 4. The summed E-state index contributed by atoms with van der Waals surface area (Å²) in [5.74, 6) is 0.979. The minimum absolute atomic E-state index is 0.142. The molecule has 0 atom stereocenters. The van der Waals surface area contributed by atoms with Crippen LogP contribution in [0.5, 0.6) is 0 Å². The van der Waals surface area contributed by atoms with Crippen LogP contribution >= 0.6 is 0 Å². The Kier molecular flexibility index (Phi) is 6.93. The van der Waals surface area contributed by atoms with Gasteiger partial charge in [0, 0.05) is 31.7 Å². The van der Waals surface area contributed by atoms with Crippen molar-refractivity contribution in [3.05, 3.63) is 0 Å². The Morgan fingerprint density at radius 1 is 1.12 bits per heavy atom. The fraction of sp³-hybridized carbons (Fsp3) is 0.947. The molecule has 0 unspecified atom stereocenters. The average molecular weight is 338 g/mol. The molecule has 0 aliphatic carbocycles. The predicted octanol–water partition coefficient (Wildman–Crippen LogP) is 1.92. The van der Waals surface area contributed by atoms with E-state index in [-0.39, 0.29) is 11.4 Å². The Bertz CT molecular complexity index is 384. The van der Waals surface area contributed by atoms with Gasteiger partial charge in [0.25, 0.3) is 0 Å². The van der Waals surface area contributed by atoms with Gasteiger partial charge < -0.3 is 15.4 Å². The Labute approximate surface area is 146 Å². The average Bonchev–Trinajstić information content (AvgIpc) is 2.67. The van der Waals surface area contributed by atoms with Crippen LogP contribution in [-0.2, 0) is 9.53 Å². The molecule has 3 aliphatic rings. The second kappa shape index (κ2) is 9.16. The summed E-state index contributed by atoms with van der Waals surface area (Å²) in [5.41, 5.74) is 0.142. The maximum Gasteiger partial charge on any atom is 0.220 e. The normalized spacial score (nSPS) is 26.2. The molecule has 138 valence electrons. The number of carbonyl (C=O) groups is 1. The molecule has 3 rings (SSSR count). The first kappa shape index (κ1) is 18.2. The van der Waals surface area contributed by atoms with Gasteiger partial charge in [0.15, 0.2) is 0 Å². The molecule has 5 nitrogen and oxygen atoms in total. The number of rotatable bonds is 6. The molecule has 3 heterocycles. The number of ether oxygens (including phenoxy) is 1. The third-order valence-corrected chi connectivity index (χ3v) is 6.30. The van der Waals surface area contributed by atoms with Crippen LogP contribution < -0.4 is 10.6 Å². The lowest BCUT2D eigenvalue weighted by molar-refractivity contribution is -0.123. The van der Waals surface area contributed by atoms with Crippen molar-refractivity contribution in [2.45, 2.75) is 63.3 Å². The van der Waals surface area contributed by atoms with Crippen molar-refractivity contribution < 1.29 is 9.53 Å². The molecule has 2 N–H and O–H groups in total. The lowest BCUT2D eigenvalue weighted by Crippen LogP contribution is -2.59. The number of likely N-dealkylation sites (tertiary alicyclic amines) is 1. The zero-order valence-electron chi connectivity index (χ0n) is 15.2. The molecule has 0 saturated carbocycles. The lowest BCUT2D eigenvalue weighted by atomic mass is 9.86. The summed E-state index contributed by atoms with van der Waals surface area (Å²) in [6.45, 7) is 7.08. The molecular weight excluding hydrogens is 302 g/mol. The number of nitrogens with zero attached hydrogens (tertiary/aromatic N) is 1. The molecule has 5 heteroatoms.